The largest absolute Gasteiger partial charge is 0.486 e. The van der Waals surface area contributed by atoms with Gasteiger partial charge < -0.3 is 20.1 Å². The maximum absolute atomic E-state index is 12.5. The summed E-state index contributed by atoms with van der Waals surface area (Å²) in [5.41, 5.74) is 2.64. The molecule has 0 fully saturated rings. The van der Waals surface area contributed by atoms with E-state index < -0.39 is 0 Å². The number of hydrogen-bond donors (Lipinski definition) is 2. The first kappa shape index (κ1) is 17.8. The van der Waals surface area contributed by atoms with Gasteiger partial charge >= 0.3 is 0 Å². The van der Waals surface area contributed by atoms with Crippen LogP contribution in [0.1, 0.15) is 30.5 Å². The smallest absolute Gasteiger partial charge is 0.226 e. The van der Waals surface area contributed by atoms with Crippen LogP contribution in [0.4, 0.5) is 5.69 Å². The molecule has 2 amide bonds. The second kappa shape index (κ2) is 7.91. The summed E-state index contributed by atoms with van der Waals surface area (Å²) < 4.78 is 11.0. The van der Waals surface area contributed by atoms with Gasteiger partial charge in [-0.15, -0.1) is 0 Å². The molecule has 0 aromatic heterocycles. The van der Waals surface area contributed by atoms with Crippen LogP contribution < -0.4 is 20.1 Å². The van der Waals surface area contributed by atoms with Crippen LogP contribution in [-0.2, 0) is 9.59 Å². The Hall–Kier alpha value is -3.02. The van der Waals surface area contributed by atoms with Crippen molar-refractivity contribution in [2.75, 3.05) is 18.5 Å². The minimum Gasteiger partial charge on any atom is -0.486 e. The van der Waals surface area contributed by atoms with Crippen LogP contribution in [0.3, 0.4) is 0 Å². The zero-order chi connectivity index (χ0) is 18.5. The van der Waals surface area contributed by atoms with Gasteiger partial charge in [0.15, 0.2) is 11.5 Å². The Bertz CT molecular complexity index is 802. The summed E-state index contributed by atoms with van der Waals surface area (Å²) in [6.07, 6.45) is 0.136. The maximum Gasteiger partial charge on any atom is 0.226 e. The number of ether oxygens (including phenoxy) is 2. The first-order chi connectivity index (χ1) is 12.5. The highest BCUT2D eigenvalue weighted by Gasteiger charge is 2.18. The Morgan fingerprint density at radius 1 is 1.04 bits per heavy atom. The molecule has 1 aliphatic heterocycles. The second-order valence-electron chi connectivity index (χ2n) is 6.27. The SMILES string of the molecule is CC(=O)NC(CC(=O)Nc1ccc2c(c1)OCCO2)c1ccc(C)cc1. The Morgan fingerprint density at radius 3 is 2.42 bits per heavy atom. The van der Waals surface area contributed by atoms with Gasteiger partial charge in [-0.05, 0) is 24.6 Å². The van der Waals surface area contributed by atoms with E-state index in [-0.39, 0.29) is 24.3 Å². The third-order valence-corrected chi connectivity index (χ3v) is 4.07. The Labute approximate surface area is 152 Å². The van der Waals surface area contributed by atoms with E-state index in [1.165, 1.54) is 6.92 Å². The molecule has 0 spiro atoms. The molecule has 26 heavy (non-hydrogen) atoms. The molecule has 0 bridgehead atoms. The van der Waals surface area contributed by atoms with E-state index in [0.717, 1.165) is 11.1 Å². The predicted molar refractivity (Wildman–Crippen MR) is 98.4 cm³/mol. The molecule has 1 aliphatic rings. The quantitative estimate of drug-likeness (QED) is 0.865. The van der Waals surface area contributed by atoms with Crippen LogP contribution in [0.25, 0.3) is 0 Å². The molecule has 6 nitrogen and oxygen atoms in total. The van der Waals surface area contributed by atoms with Gasteiger partial charge in [0.05, 0.1) is 12.5 Å². The molecule has 1 heterocycles. The van der Waals surface area contributed by atoms with Crippen molar-refractivity contribution in [3.63, 3.8) is 0 Å². The number of aryl methyl sites for hydroxylation is 1. The van der Waals surface area contributed by atoms with Crippen LogP contribution >= 0.6 is 0 Å². The molecular weight excluding hydrogens is 332 g/mol. The summed E-state index contributed by atoms with van der Waals surface area (Å²) >= 11 is 0. The number of anilines is 1. The van der Waals surface area contributed by atoms with E-state index in [0.29, 0.717) is 30.4 Å². The van der Waals surface area contributed by atoms with Crippen LogP contribution in [0, 0.1) is 6.92 Å². The lowest BCUT2D eigenvalue weighted by Gasteiger charge is -2.20. The molecule has 2 aromatic carbocycles. The highest BCUT2D eigenvalue weighted by molar-refractivity contribution is 5.92. The summed E-state index contributed by atoms with van der Waals surface area (Å²) in [7, 11) is 0. The van der Waals surface area contributed by atoms with Crippen molar-refractivity contribution in [1.82, 2.24) is 5.32 Å². The van der Waals surface area contributed by atoms with E-state index >= 15 is 0 Å². The predicted octanol–water partition coefficient (Wildman–Crippen LogP) is 2.97. The molecular formula is C20H22N2O4. The summed E-state index contributed by atoms with van der Waals surface area (Å²) in [5, 5.41) is 5.69. The summed E-state index contributed by atoms with van der Waals surface area (Å²) in [6, 6.07) is 12.7. The number of amides is 2. The molecule has 0 saturated heterocycles. The van der Waals surface area contributed by atoms with Gasteiger partial charge in [0.1, 0.15) is 13.2 Å². The fraction of sp³-hybridized carbons (Fsp3) is 0.300. The van der Waals surface area contributed by atoms with Crippen molar-refractivity contribution in [1.29, 1.82) is 0 Å². The maximum atomic E-state index is 12.5. The molecule has 1 unspecified atom stereocenters. The highest BCUT2D eigenvalue weighted by Crippen LogP contribution is 2.32. The first-order valence-corrected chi connectivity index (χ1v) is 8.54. The third-order valence-electron chi connectivity index (χ3n) is 4.07. The van der Waals surface area contributed by atoms with Gasteiger partial charge in [0.25, 0.3) is 0 Å². The van der Waals surface area contributed by atoms with E-state index in [1.807, 2.05) is 31.2 Å². The molecule has 2 aromatic rings. The zero-order valence-electron chi connectivity index (χ0n) is 14.9. The van der Waals surface area contributed by atoms with Gasteiger partial charge in [-0.3, -0.25) is 9.59 Å². The van der Waals surface area contributed by atoms with Crippen LogP contribution in [0.2, 0.25) is 0 Å². The summed E-state index contributed by atoms with van der Waals surface area (Å²) in [6.45, 7) is 4.45. The number of benzene rings is 2. The first-order valence-electron chi connectivity index (χ1n) is 8.54. The second-order valence-corrected chi connectivity index (χ2v) is 6.27. The van der Waals surface area contributed by atoms with E-state index in [9.17, 15) is 9.59 Å². The van der Waals surface area contributed by atoms with E-state index in [1.54, 1.807) is 18.2 Å². The molecule has 6 heteroatoms. The van der Waals surface area contributed by atoms with Gasteiger partial charge in [-0.1, -0.05) is 29.8 Å². The lowest BCUT2D eigenvalue weighted by Crippen LogP contribution is -2.29. The van der Waals surface area contributed by atoms with Gasteiger partial charge in [0.2, 0.25) is 11.8 Å². The molecule has 0 saturated carbocycles. The summed E-state index contributed by atoms with van der Waals surface area (Å²) in [4.78, 5) is 24.0. The van der Waals surface area contributed by atoms with E-state index in [4.69, 9.17) is 9.47 Å². The van der Waals surface area contributed by atoms with Gasteiger partial charge in [-0.25, -0.2) is 0 Å². The normalized spacial score (nSPS) is 13.6. The molecule has 1 atom stereocenters. The van der Waals surface area contributed by atoms with Crippen LogP contribution in [0.5, 0.6) is 11.5 Å². The Kier molecular flexibility index (Phi) is 5.41. The number of nitrogens with one attached hydrogen (secondary N) is 2. The van der Waals surface area contributed by atoms with Crippen molar-refractivity contribution in [3.05, 3.63) is 53.6 Å². The number of carbonyl (C=O) groups is 2. The third kappa shape index (κ3) is 4.53. The minimum absolute atomic E-state index is 0.136. The zero-order valence-corrected chi connectivity index (χ0v) is 14.9. The topological polar surface area (TPSA) is 76.7 Å². The molecule has 136 valence electrons. The van der Waals surface area contributed by atoms with Crippen LogP contribution in [0.15, 0.2) is 42.5 Å². The van der Waals surface area contributed by atoms with Crippen molar-refractivity contribution < 1.29 is 19.1 Å². The lowest BCUT2D eigenvalue weighted by molar-refractivity contribution is -0.120. The van der Waals surface area contributed by atoms with E-state index in [2.05, 4.69) is 10.6 Å². The monoisotopic (exact) mass is 354 g/mol. The number of rotatable bonds is 5. The van der Waals surface area contributed by atoms with Crippen molar-refractivity contribution in [3.8, 4) is 11.5 Å². The van der Waals surface area contributed by atoms with Crippen LogP contribution in [-0.4, -0.2) is 25.0 Å². The Balaban J connectivity index is 1.69. The van der Waals surface area contributed by atoms with Crippen molar-refractivity contribution in [2.24, 2.45) is 0 Å². The molecule has 0 radical (unpaired) electrons. The summed E-state index contributed by atoms with van der Waals surface area (Å²) in [5.74, 6) is 0.916. The van der Waals surface area contributed by atoms with Crippen molar-refractivity contribution >= 4 is 17.5 Å². The number of carbonyl (C=O) groups excluding carboxylic acids is 2. The van der Waals surface area contributed by atoms with Gasteiger partial charge in [-0.2, -0.15) is 0 Å². The molecule has 2 N–H and O–H groups in total. The fourth-order valence-electron chi connectivity index (χ4n) is 2.81. The number of fused-ring (bicyclic) bond motifs is 1. The standard InChI is InChI=1S/C20H22N2O4/c1-13-3-5-15(6-4-13)17(21-14(2)23)12-20(24)22-16-7-8-18-19(11-16)26-10-9-25-18/h3-8,11,17H,9-10,12H2,1-2H3,(H,21,23)(H,22,24). The Morgan fingerprint density at radius 2 is 1.73 bits per heavy atom. The average molecular weight is 354 g/mol. The molecule has 0 aliphatic carbocycles. The fourth-order valence-corrected chi connectivity index (χ4v) is 2.81. The van der Waals surface area contributed by atoms with Crippen molar-refractivity contribution in [2.45, 2.75) is 26.3 Å². The highest BCUT2D eigenvalue weighted by atomic mass is 16.6. The lowest BCUT2D eigenvalue weighted by atomic mass is 10.0. The van der Waals surface area contributed by atoms with Gasteiger partial charge in [0, 0.05) is 18.7 Å². The number of hydrogen-bond acceptors (Lipinski definition) is 4. The molecule has 3 rings (SSSR count). The minimum atomic E-state index is -0.384. The average Bonchev–Trinajstić information content (AvgIpc) is 2.61.